The Morgan fingerprint density at radius 3 is 2.37 bits per heavy atom. The van der Waals surface area contributed by atoms with Crippen LogP contribution < -0.4 is 4.74 Å². The zero-order valence-corrected chi connectivity index (χ0v) is 21.1. The van der Waals surface area contributed by atoms with Gasteiger partial charge in [0, 0.05) is 16.1 Å². The highest BCUT2D eigenvalue weighted by atomic mass is 35.5. The van der Waals surface area contributed by atoms with E-state index in [0.717, 1.165) is 22.4 Å². The lowest BCUT2D eigenvalue weighted by molar-refractivity contribution is -0.136. The Morgan fingerprint density at radius 2 is 1.63 bits per heavy atom. The molecule has 0 amide bonds. The Kier molecular flexibility index (Phi) is 7.52. The van der Waals surface area contributed by atoms with E-state index in [4.69, 9.17) is 21.4 Å². The van der Waals surface area contributed by atoms with Crippen molar-refractivity contribution in [1.29, 1.82) is 0 Å². The van der Waals surface area contributed by atoms with Crippen molar-refractivity contribution < 1.29 is 19.0 Å². The maximum absolute atomic E-state index is 13.7. The second-order valence-electron chi connectivity index (χ2n) is 8.88. The molecular weight excluding hydrogens is 503 g/mol. The van der Waals surface area contributed by atoms with Crippen molar-refractivity contribution in [3.63, 3.8) is 0 Å². The molecule has 1 N–H and O–H groups in total. The molecule has 38 heavy (non-hydrogen) atoms. The Hall–Kier alpha value is -4.42. The predicted molar refractivity (Wildman–Crippen MR) is 146 cm³/mol. The average molecular weight is 527 g/mol. The van der Waals surface area contributed by atoms with Crippen molar-refractivity contribution in [1.82, 2.24) is 9.78 Å². The molecule has 0 aliphatic carbocycles. The first-order chi connectivity index (χ1) is 18.4. The van der Waals surface area contributed by atoms with Crippen molar-refractivity contribution in [3.05, 3.63) is 131 Å². The SMILES string of the molecule is O=C(O)Cc1ccc(OCc2cccc(Cl)c2)c(-c2cc(-c3ccc(F)cc3)n(Cc3ccccc3)n2)c1. The zero-order chi connectivity index (χ0) is 26.5. The third-order valence-electron chi connectivity index (χ3n) is 6.05. The van der Waals surface area contributed by atoms with E-state index in [2.05, 4.69) is 0 Å². The predicted octanol–water partition coefficient (Wildman–Crippen LogP) is 7.26. The van der Waals surface area contributed by atoms with Gasteiger partial charge in [-0.05, 0) is 71.3 Å². The molecule has 0 fully saturated rings. The topological polar surface area (TPSA) is 64.3 Å². The summed E-state index contributed by atoms with van der Waals surface area (Å²) >= 11 is 6.13. The first kappa shape index (κ1) is 25.2. The summed E-state index contributed by atoms with van der Waals surface area (Å²) in [5, 5.41) is 14.9. The molecule has 0 unspecified atom stereocenters. The van der Waals surface area contributed by atoms with Gasteiger partial charge in [-0.1, -0.05) is 60.1 Å². The molecule has 7 heteroatoms. The molecule has 5 rings (SSSR count). The highest BCUT2D eigenvalue weighted by Crippen LogP contribution is 2.34. The molecule has 0 aliphatic rings. The van der Waals surface area contributed by atoms with E-state index in [1.165, 1.54) is 12.1 Å². The number of hydrogen-bond acceptors (Lipinski definition) is 3. The minimum atomic E-state index is -0.926. The van der Waals surface area contributed by atoms with E-state index in [-0.39, 0.29) is 18.8 Å². The summed E-state index contributed by atoms with van der Waals surface area (Å²) in [6, 6.07) is 30.8. The minimum absolute atomic E-state index is 0.128. The second kappa shape index (κ2) is 11.3. The molecule has 4 aromatic carbocycles. The number of ether oxygens (including phenoxy) is 1. The Balaban J connectivity index is 1.57. The molecule has 0 atom stereocenters. The summed E-state index contributed by atoms with van der Waals surface area (Å²) in [6.45, 7) is 0.780. The van der Waals surface area contributed by atoms with Crippen LogP contribution in [0.15, 0.2) is 103 Å². The number of carbonyl (C=O) groups is 1. The number of benzene rings is 4. The van der Waals surface area contributed by atoms with Crippen molar-refractivity contribution >= 4 is 17.6 Å². The van der Waals surface area contributed by atoms with Crippen LogP contribution in [0.5, 0.6) is 5.75 Å². The first-order valence-corrected chi connectivity index (χ1v) is 12.4. The molecule has 1 heterocycles. The van der Waals surface area contributed by atoms with Crippen LogP contribution >= 0.6 is 11.6 Å². The van der Waals surface area contributed by atoms with Gasteiger partial charge in [0.15, 0.2) is 0 Å². The van der Waals surface area contributed by atoms with Crippen LogP contribution in [0.4, 0.5) is 4.39 Å². The normalized spacial score (nSPS) is 10.9. The van der Waals surface area contributed by atoms with Crippen molar-refractivity contribution in [2.45, 2.75) is 19.6 Å². The van der Waals surface area contributed by atoms with Gasteiger partial charge in [0.25, 0.3) is 0 Å². The Morgan fingerprint density at radius 1 is 0.868 bits per heavy atom. The molecule has 0 saturated heterocycles. The van der Waals surface area contributed by atoms with E-state index in [0.29, 0.717) is 34.1 Å². The summed E-state index contributed by atoms with van der Waals surface area (Å²) in [5.74, 6) is -0.680. The standard InChI is InChI=1S/C31H24ClFN2O3/c32-25-8-4-7-23(15-25)20-38-30-14-9-22(17-31(36)37)16-27(30)28-18-29(24-10-12-26(33)13-11-24)35(34-28)19-21-5-2-1-3-6-21/h1-16,18H,17,19-20H2,(H,36,37). The van der Waals surface area contributed by atoms with E-state index < -0.39 is 5.97 Å². The average Bonchev–Trinajstić information content (AvgIpc) is 3.32. The molecule has 190 valence electrons. The summed E-state index contributed by atoms with van der Waals surface area (Å²) in [4.78, 5) is 11.4. The van der Waals surface area contributed by atoms with Gasteiger partial charge < -0.3 is 9.84 Å². The van der Waals surface area contributed by atoms with Gasteiger partial charge in [0.2, 0.25) is 0 Å². The van der Waals surface area contributed by atoms with Gasteiger partial charge >= 0.3 is 5.97 Å². The van der Waals surface area contributed by atoms with Crippen LogP contribution in [0.25, 0.3) is 22.5 Å². The summed E-state index contributed by atoms with van der Waals surface area (Å²) < 4.78 is 21.7. The Bertz CT molecular complexity index is 1570. The van der Waals surface area contributed by atoms with Crippen LogP contribution in [0.3, 0.4) is 0 Å². The monoisotopic (exact) mass is 526 g/mol. The van der Waals surface area contributed by atoms with Gasteiger partial charge in [0.05, 0.1) is 24.4 Å². The molecular formula is C31H24ClFN2O3. The lowest BCUT2D eigenvalue weighted by atomic mass is 10.0. The fourth-order valence-corrected chi connectivity index (χ4v) is 4.47. The van der Waals surface area contributed by atoms with Gasteiger partial charge in [-0.2, -0.15) is 5.10 Å². The second-order valence-corrected chi connectivity index (χ2v) is 9.32. The molecule has 0 radical (unpaired) electrons. The zero-order valence-electron chi connectivity index (χ0n) is 20.4. The molecule has 1 aromatic heterocycles. The van der Waals surface area contributed by atoms with Crippen molar-refractivity contribution in [2.75, 3.05) is 0 Å². The Labute approximate surface area is 224 Å². The molecule has 0 bridgehead atoms. The van der Waals surface area contributed by atoms with E-state index in [9.17, 15) is 14.3 Å². The number of rotatable bonds is 9. The minimum Gasteiger partial charge on any atom is -0.488 e. The third-order valence-corrected chi connectivity index (χ3v) is 6.29. The van der Waals surface area contributed by atoms with Crippen LogP contribution in [-0.4, -0.2) is 20.9 Å². The van der Waals surface area contributed by atoms with Gasteiger partial charge in [0.1, 0.15) is 18.2 Å². The quantitative estimate of drug-likeness (QED) is 0.219. The van der Waals surface area contributed by atoms with Crippen molar-refractivity contribution in [2.24, 2.45) is 0 Å². The molecule has 0 aliphatic heterocycles. The fourth-order valence-electron chi connectivity index (χ4n) is 4.25. The van der Waals surface area contributed by atoms with E-state index >= 15 is 0 Å². The van der Waals surface area contributed by atoms with E-state index in [1.54, 1.807) is 36.4 Å². The molecule has 0 spiro atoms. The highest BCUT2D eigenvalue weighted by Gasteiger charge is 2.17. The first-order valence-electron chi connectivity index (χ1n) is 12.0. The maximum Gasteiger partial charge on any atom is 0.307 e. The van der Waals surface area contributed by atoms with E-state index in [1.807, 2.05) is 59.3 Å². The van der Waals surface area contributed by atoms with Gasteiger partial charge in [-0.3, -0.25) is 9.48 Å². The summed E-state index contributed by atoms with van der Waals surface area (Å²) in [6.07, 6.45) is -0.128. The van der Waals surface area contributed by atoms with Crippen LogP contribution in [0.2, 0.25) is 5.02 Å². The number of carboxylic acids is 1. The number of nitrogens with zero attached hydrogens (tertiary/aromatic N) is 2. The summed E-state index contributed by atoms with van der Waals surface area (Å²) in [5.41, 5.74) is 5.48. The number of carboxylic acid groups (broad SMARTS) is 1. The molecule has 5 nitrogen and oxygen atoms in total. The van der Waals surface area contributed by atoms with Gasteiger partial charge in [-0.15, -0.1) is 0 Å². The fraction of sp³-hybridized carbons (Fsp3) is 0.0968. The molecule has 5 aromatic rings. The number of aromatic nitrogens is 2. The largest absolute Gasteiger partial charge is 0.488 e. The lowest BCUT2D eigenvalue weighted by Gasteiger charge is -2.12. The lowest BCUT2D eigenvalue weighted by Crippen LogP contribution is -2.04. The highest BCUT2D eigenvalue weighted by molar-refractivity contribution is 6.30. The van der Waals surface area contributed by atoms with Gasteiger partial charge in [-0.25, -0.2) is 4.39 Å². The van der Waals surface area contributed by atoms with Crippen LogP contribution in [0.1, 0.15) is 16.7 Å². The van der Waals surface area contributed by atoms with Crippen LogP contribution in [-0.2, 0) is 24.4 Å². The maximum atomic E-state index is 13.7. The van der Waals surface area contributed by atoms with Crippen molar-refractivity contribution in [3.8, 4) is 28.3 Å². The number of aliphatic carboxylic acids is 1. The smallest absolute Gasteiger partial charge is 0.307 e. The summed E-state index contributed by atoms with van der Waals surface area (Å²) in [7, 11) is 0. The van der Waals surface area contributed by atoms with Crippen LogP contribution in [0, 0.1) is 5.82 Å². The third kappa shape index (κ3) is 6.10. The molecule has 0 saturated carbocycles. The number of hydrogen-bond donors (Lipinski definition) is 1. The number of halogens is 2.